The Hall–Kier alpha value is -3.41. The lowest BCUT2D eigenvalue weighted by Crippen LogP contribution is -2.11. The van der Waals surface area contributed by atoms with Crippen LogP contribution in [-0.2, 0) is 17.8 Å². The first kappa shape index (κ1) is 19.9. The van der Waals surface area contributed by atoms with Gasteiger partial charge in [0.05, 0.1) is 6.54 Å². The molecule has 0 aliphatic rings. The molecule has 6 nitrogen and oxygen atoms in total. The predicted octanol–water partition coefficient (Wildman–Crippen LogP) is 4.82. The van der Waals surface area contributed by atoms with Crippen molar-refractivity contribution in [2.24, 2.45) is 0 Å². The summed E-state index contributed by atoms with van der Waals surface area (Å²) in [5.74, 6) is 0.0478. The van der Waals surface area contributed by atoms with Crippen molar-refractivity contribution in [2.75, 3.05) is 5.32 Å². The van der Waals surface area contributed by atoms with E-state index in [4.69, 9.17) is 0 Å². The highest BCUT2D eigenvalue weighted by atomic mass is 16.1. The van der Waals surface area contributed by atoms with E-state index in [-0.39, 0.29) is 5.91 Å². The average Bonchev–Trinajstić information content (AvgIpc) is 3.38. The van der Waals surface area contributed by atoms with Crippen LogP contribution < -0.4 is 5.32 Å². The Kier molecular flexibility index (Phi) is 5.93. The SMILES string of the molecule is CC(C)n1cc(CCCC(=O)Nc2ccc(Cn3cncn3)cc2)c2ccccc21. The molecule has 4 aromatic rings. The van der Waals surface area contributed by atoms with Gasteiger partial charge in [0.15, 0.2) is 0 Å². The molecule has 2 aromatic carbocycles. The van der Waals surface area contributed by atoms with Gasteiger partial charge in [0, 0.05) is 35.2 Å². The molecule has 0 spiro atoms. The lowest BCUT2D eigenvalue weighted by atomic mass is 10.1. The number of carbonyl (C=O) groups excluding carboxylic acids is 1. The molecule has 0 aliphatic carbocycles. The van der Waals surface area contributed by atoms with Gasteiger partial charge >= 0.3 is 0 Å². The van der Waals surface area contributed by atoms with Crippen LogP contribution in [0.5, 0.6) is 0 Å². The van der Waals surface area contributed by atoms with Crippen molar-refractivity contribution >= 4 is 22.5 Å². The first-order valence-electron chi connectivity index (χ1n) is 10.4. The molecular formula is C24H27N5O. The molecule has 2 aromatic heterocycles. The molecule has 30 heavy (non-hydrogen) atoms. The van der Waals surface area contributed by atoms with E-state index in [9.17, 15) is 4.79 Å². The Bertz CT molecular complexity index is 1110. The Balaban J connectivity index is 1.31. The zero-order valence-electron chi connectivity index (χ0n) is 17.5. The molecule has 154 valence electrons. The van der Waals surface area contributed by atoms with Crippen molar-refractivity contribution in [1.82, 2.24) is 19.3 Å². The van der Waals surface area contributed by atoms with E-state index < -0.39 is 0 Å². The molecule has 0 aliphatic heterocycles. The zero-order valence-corrected chi connectivity index (χ0v) is 17.5. The summed E-state index contributed by atoms with van der Waals surface area (Å²) in [5, 5.41) is 8.39. The summed E-state index contributed by atoms with van der Waals surface area (Å²) in [7, 11) is 0. The first-order chi connectivity index (χ1) is 14.6. The monoisotopic (exact) mass is 401 g/mol. The van der Waals surface area contributed by atoms with Gasteiger partial charge in [-0.1, -0.05) is 30.3 Å². The van der Waals surface area contributed by atoms with Crippen molar-refractivity contribution in [3.8, 4) is 0 Å². The maximum atomic E-state index is 12.4. The molecular weight excluding hydrogens is 374 g/mol. The largest absolute Gasteiger partial charge is 0.345 e. The maximum Gasteiger partial charge on any atom is 0.224 e. The van der Waals surface area contributed by atoms with Gasteiger partial charge in [-0.25, -0.2) is 9.67 Å². The summed E-state index contributed by atoms with van der Waals surface area (Å²) in [4.78, 5) is 16.3. The summed E-state index contributed by atoms with van der Waals surface area (Å²) >= 11 is 0. The third-order valence-electron chi connectivity index (χ3n) is 5.28. The number of benzene rings is 2. The molecule has 0 saturated heterocycles. The number of rotatable bonds is 8. The standard InChI is InChI=1S/C24H27N5O/c1-18(2)29-15-20(22-7-3-4-8-23(22)29)6-5-9-24(30)27-21-12-10-19(11-13-21)14-28-17-25-16-26-28/h3-4,7-8,10-13,15-18H,5-6,9,14H2,1-2H3,(H,27,30). The fraction of sp³-hybridized carbons (Fsp3) is 0.292. The Morgan fingerprint density at radius 1 is 1.10 bits per heavy atom. The molecule has 6 heteroatoms. The molecule has 0 fully saturated rings. The Morgan fingerprint density at radius 3 is 2.63 bits per heavy atom. The van der Waals surface area contributed by atoms with E-state index in [2.05, 4.69) is 64.3 Å². The number of amides is 1. The van der Waals surface area contributed by atoms with E-state index in [0.29, 0.717) is 19.0 Å². The topological polar surface area (TPSA) is 64.7 Å². The van der Waals surface area contributed by atoms with Crippen molar-refractivity contribution < 1.29 is 4.79 Å². The number of hydrogen-bond donors (Lipinski definition) is 1. The molecule has 1 N–H and O–H groups in total. The van der Waals surface area contributed by atoms with E-state index >= 15 is 0 Å². The highest BCUT2D eigenvalue weighted by Crippen LogP contribution is 2.26. The van der Waals surface area contributed by atoms with Gasteiger partial charge in [0.2, 0.25) is 5.91 Å². The van der Waals surface area contributed by atoms with Crippen LogP contribution in [0.25, 0.3) is 10.9 Å². The first-order valence-corrected chi connectivity index (χ1v) is 10.4. The van der Waals surface area contributed by atoms with Gasteiger partial charge in [0.1, 0.15) is 12.7 Å². The van der Waals surface area contributed by atoms with Gasteiger partial charge in [-0.05, 0) is 56.0 Å². The van der Waals surface area contributed by atoms with Gasteiger partial charge < -0.3 is 9.88 Å². The van der Waals surface area contributed by atoms with E-state index in [1.807, 2.05) is 24.3 Å². The van der Waals surface area contributed by atoms with Gasteiger partial charge in [-0.15, -0.1) is 0 Å². The van der Waals surface area contributed by atoms with Crippen LogP contribution in [0, 0.1) is 0 Å². The number of anilines is 1. The van der Waals surface area contributed by atoms with Gasteiger partial charge in [-0.2, -0.15) is 5.10 Å². The number of nitrogens with zero attached hydrogens (tertiary/aromatic N) is 4. The molecule has 0 unspecified atom stereocenters. The molecule has 1 amide bonds. The second-order valence-electron chi connectivity index (χ2n) is 7.86. The van der Waals surface area contributed by atoms with Crippen molar-refractivity contribution in [3.63, 3.8) is 0 Å². The van der Waals surface area contributed by atoms with Crippen LogP contribution in [0.4, 0.5) is 5.69 Å². The lowest BCUT2D eigenvalue weighted by molar-refractivity contribution is -0.116. The fourth-order valence-electron chi connectivity index (χ4n) is 3.76. The normalized spacial score (nSPS) is 11.3. The van der Waals surface area contributed by atoms with Crippen molar-refractivity contribution in [1.29, 1.82) is 0 Å². The van der Waals surface area contributed by atoms with Crippen molar-refractivity contribution in [3.05, 3.63) is 78.5 Å². The third kappa shape index (κ3) is 4.59. The molecule has 0 radical (unpaired) electrons. The molecule has 0 saturated carbocycles. The average molecular weight is 402 g/mol. The highest BCUT2D eigenvalue weighted by molar-refractivity contribution is 5.90. The number of nitrogens with one attached hydrogen (secondary N) is 1. The lowest BCUT2D eigenvalue weighted by Gasteiger charge is -2.08. The number of aryl methyl sites for hydroxylation is 1. The van der Waals surface area contributed by atoms with E-state index in [1.165, 1.54) is 22.8 Å². The van der Waals surface area contributed by atoms with Crippen LogP contribution in [0.3, 0.4) is 0 Å². The molecule has 2 heterocycles. The summed E-state index contributed by atoms with van der Waals surface area (Å²) in [5.41, 5.74) is 4.50. The number of aromatic nitrogens is 4. The maximum absolute atomic E-state index is 12.4. The van der Waals surface area contributed by atoms with Crippen LogP contribution in [0.2, 0.25) is 0 Å². The zero-order chi connectivity index (χ0) is 20.9. The van der Waals surface area contributed by atoms with Crippen LogP contribution in [0.1, 0.15) is 43.9 Å². The van der Waals surface area contributed by atoms with Gasteiger partial charge in [-0.3, -0.25) is 4.79 Å². The number of hydrogen-bond acceptors (Lipinski definition) is 3. The number of carbonyl (C=O) groups is 1. The minimum atomic E-state index is 0.0478. The summed E-state index contributed by atoms with van der Waals surface area (Å²) in [6, 6.07) is 16.8. The second-order valence-corrected chi connectivity index (χ2v) is 7.86. The highest BCUT2D eigenvalue weighted by Gasteiger charge is 2.11. The number of para-hydroxylation sites is 1. The number of fused-ring (bicyclic) bond motifs is 1. The quantitative estimate of drug-likeness (QED) is 0.460. The fourth-order valence-corrected chi connectivity index (χ4v) is 3.76. The smallest absolute Gasteiger partial charge is 0.224 e. The molecule has 0 atom stereocenters. The summed E-state index contributed by atoms with van der Waals surface area (Å²) in [6.45, 7) is 5.06. The van der Waals surface area contributed by atoms with E-state index in [1.54, 1.807) is 11.0 Å². The summed E-state index contributed by atoms with van der Waals surface area (Å²) < 4.78 is 4.08. The minimum Gasteiger partial charge on any atom is -0.345 e. The molecule has 0 bridgehead atoms. The van der Waals surface area contributed by atoms with Crippen LogP contribution in [0.15, 0.2) is 67.4 Å². The van der Waals surface area contributed by atoms with Crippen LogP contribution >= 0.6 is 0 Å². The van der Waals surface area contributed by atoms with Crippen molar-refractivity contribution in [2.45, 2.75) is 45.7 Å². The summed E-state index contributed by atoms with van der Waals surface area (Å²) in [6.07, 6.45) is 7.67. The second kappa shape index (κ2) is 8.95. The van der Waals surface area contributed by atoms with Gasteiger partial charge in [0.25, 0.3) is 0 Å². The van der Waals surface area contributed by atoms with Crippen LogP contribution in [-0.4, -0.2) is 25.2 Å². The third-order valence-corrected chi connectivity index (χ3v) is 5.28. The molecule has 4 rings (SSSR count). The van der Waals surface area contributed by atoms with E-state index in [0.717, 1.165) is 24.1 Å². The minimum absolute atomic E-state index is 0.0478. The Labute approximate surface area is 176 Å². The predicted molar refractivity (Wildman–Crippen MR) is 119 cm³/mol. The Morgan fingerprint density at radius 2 is 1.90 bits per heavy atom.